The van der Waals surface area contributed by atoms with Gasteiger partial charge in [-0.1, -0.05) is 13.0 Å². The quantitative estimate of drug-likeness (QED) is 0.650. The zero-order chi connectivity index (χ0) is 15.8. The predicted octanol–water partition coefficient (Wildman–Crippen LogP) is 4.34. The van der Waals surface area contributed by atoms with E-state index in [-0.39, 0.29) is 11.2 Å². The lowest BCUT2D eigenvalue weighted by Crippen LogP contribution is -2.09. The number of nitrogens with zero attached hydrogens (tertiary/aromatic N) is 1. The zero-order valence-corrected chi connectivity index (χ0v) is 13.0. The molecule has 2 rings (SSSR count). The average Bonchev–Trinajstić information content (AvgIpc) is 3.06. The fraction of sp³-hybridized carbons (Fsp3) is 0.471. The molecule has 21 heavy (non-hydrogen) atoms. The molecule has 0 spiro atoms. The van der Waals surface area contributed by atoms with Gasteiger partial charge in [-0.3, -0.25) is 4.99 Å². The molecular weight excluding hydrogens is 270 g/mol. The minimum Gasteiger partial charge on any atom is -0.402 e. The molecule has 2 N–H and O–H groups in total. The van der Waals surface area contributed by atoms with Gasteiger partial charge in [-0.15, -0.1) is 0 Å². The summed E-state index contributed by atoms with van der Waals surface area (Å²) in [6.07, 6.45) is 0.810. The molecule has 0 saturated heterocycles. The Morgan fingerprint density at radius 2 is 1.90 bits per heavy atom. The Bertz CT molecular complexity index is 607. The minimum absolute atomic E-state index is 0.0584. The minimum atomic E-state index is -1.31. The van der Waals surface area contributed by atoms with E-state index in [4.69, 9.17) is 5.73 Å². The van der Waals surface area contributed by atoms with E-state index in [9.17, 15) is 8.78 Å². The van der Waals surface area contributed by atoms with E-state index in [1.807, 2.05) is 6.07 Å². The molecule has 1 aromatic rings. The molecule has 1 aromatic carbocycles. The highest BCUT2D eigenvalue weighted by molar-refractivity contribution is 6.23. The summed E-state index contributed by atoms with van der Waals surface area (Å²) in [5.74, 6) is -0.296. The van der Waals surface area contributed by atoms with Crippen molar-refractivity contribution in [1.29, 1.82) is 0 Å². The molecule has 1 unspecified atom stereocenters. The van der Waals surface area contributed by atoms with E-state index in [1.54, 1.807) is 19.9 Å². The zero-order valence-electron chi connectivity index (χ0n) is 13.0. The Hall–Kier alpha value is -1.71. The summed E-state index contributed by atoms with van der Waals surface area (Å²) in [5.41, 5.74) is 9.23. The van der Waals surface area contributed by atoms with Gasteiger partial charge < -0.3 is 5.73 Å². The number of alkyl halides is 1. The first-order valence-electron chi connectivity index (χ1n) is 7.19. The molecule has 0 aromatic heterocycles. The molecular formula is C17H22F2N2. The van der Waals surface area contributed by atoms with Crippen molar-refractivity contribution < 1.29 is 8.78 Å². The highest BCUT2D eigenvalue weighted by atomic mass is 19.1. The van der Waals surface area contributed by atoms with E-state index in [2.05, 4.69) is 11.9 Å². The van der Waals surface area contributed by atoms with Crippen LogP contribution >= 0.6 is 0 Å². The van der Waals surface area contributed by atoms with Gasteiger partial charge in [0.25, 0.3) is 0 Å². The monoisotopic (exact) mass is 292 g/mol. The van der Waals surface area contributed by atoms with Crippen molar-refractivity contribution in [3.05, 3.63) is 40.8 Å². The van der Waals surface area contributed by atoms with Crippen molar-refractivity contribution in [1.82, 2.24) is 0 Å². The topological polar surface area (TPSA) is 38.4 Å². The van der Waals surface area contributed by atoms with Gasteiger partial charge in [-0.25, -0.2) is 8.78 Å². The lowest BCUT2D eigenvalue weighted by Gasteiger charge is -2.15. The van der Waals surface area contributed by atoms with Crippen LogP contribution in [0, 0.1) is 5.82 Å². The molecule has 0 aliphatic heterocycles. The van der Waals surface area contributed by atoms with Crippen LogP contribution in [0.15, 0.2) is 28.9 Å². The third-order valence-electron chi connectivity index (χ3n) is 4.01. The van der Waals surface area contributed by atoms with Crippen LogP contribution in [-0.2, 0) is 5.41 Å². The largest absolute Gasteiger partial charge is 0.402 e. The Labute approximate surface area is 124 Å². The summed E-state index contributed by atoms with van der Waals surface area (Å²) < 4.78 is 27.1. The van der Waals surface area contributed by atoms with Crippen molar-refractivity contribution in [3.63, 3.8) is 0 Å². The maximum absolute atomic E-state index is 14.0. The number of benzene rings is 1. The molecule has 114 valence electrons. The molecule has 2 nitrogen and oxygen atoms in total. The molecule has 4 heteroatoms. The number of nitrogens with two attached hydrogens (primary N) is 1. The first-order valence-corrected chi connectivity index (χ1v) is 7.19. The molecule has 0 radical (unpaired) electrons. The van der Waals surface area contributed by atoms with Crippen molar-refractivity contribution in [2.24, 2.45) is 10.7 Å². The molecule has 0 bridgehead atoms. The second kappa shape index (κ2) is 5.58. The van der Waals surface area contributed by atoms with Gasteiger partial charge in [0.1, 0.15) is 5.82 Å². The maximum atomic E-state index is 14.0. The van der Waals surface area contributed by atoms with E-state index >= 15 is 0 Å². The summed E-state index contributed by atoms with van der Waals surface area (Å²) in [6.45, 7) is 6.90. The van der Waals surface area contributed by atoms with Crippen LogP contribution in [0.4, 0.5) is 8.78 Å². The summed E-state index contributed by atoms with van der Waals surface area (Å²) in [5, 5.41) is 0. The van der Waals surface area contributed by atoms with Gasteiger partial charge in [0.2, 0.25) is 0 Å². The van der Waals surface area contributed by atoms with Gasteiger partial charge in [0, 0.05) is 17.0 Å². The van der Waals surface area contributed by atoms with E-state index < -0.39 is 6.30 Å². The van der Waals surface area contributed by atoms with E-state index in [0.717, 1.165) is 18.4 Å². The van der Waals surface area contributed by atoms with Crippen LogP contribution in [0.5, 0.6) is 0 Å². The second-order valence-corrected chi connectivity index (χ2v) is 6.14. The Morgan fingerprint density at radius 1 is 1.29 bits per heavy atom. The Kier molecular flexibility index (Phi) is 4.17. The van der Waals surface area contributed by atoms with Crippen LogP contribution < -0.4 is 5.73 Å². The normalized spacial score (nSPS) is 20.0. The number of hydrogen-bond acceptors (Lipinski definition) is 2. The van der Waals surface area contributed by atoms with Crippen LogP contribution in [0.25, 0.3) is 5.57 Å². The number of allylic oxidation sites excluding steroid dienone is 2. The van der Waals surface area contributed by atoms with Gasteiger partial charge in [0.15, 0.2) is 6.30 Å². The van der Waals surface area contributed by atoms with Crippen LogP contribution in [0.1, 0.15) is 51.7 Å². The third kappa shape index (κ3) is 3.49. The molecule has 1 aliphatic carbocycles. The lowest BCUT2D eigenvalue weighted by molar-refractivity contribution is 0.377. The van der Waals surface area contributed by atoms with Gasteiger partial charge in [0.05, 0.1) is 0 Å². The Balaban J connectivity index is 2.52. The van der Waals surface area contributed by atoms with Crippen LogP contribution in [0.2, 0.25) is 0 Å². The average molecular weight is 292 g/mol. The van der Waals surface area contributed by atoms with Gasteiger partial charge in [-0.2, -0.15) is 0 Å². The van der Waals surface area contributed by atoms with Gasteiger partial charge in [-0.05, 0) is 62.3 Å². The predicted molar refractivity (Wildman–Crippen MR) is 83.4 cm³/mol. The summed E-state index contributed by atoms with van der Waals surface area (Å²) in [7, 11) is 0. The molecule has 1 atom stereocenters. The van der Waals surface area contributed by atoms with E-state index in [0.29, 0.717) is 22.5 Å². The molecule has 1 saturated carbocycles. The Morgan fingerprint density at radius 3 is 2.38 bits per heavy atom. The number of halogens is 2. The second-order valence-electron chi connectivity index (χ2n) is 6.14. The molecule has 0 amide bonds. The number of aliphatic imine (C=N–C) groups is 1. The highest BCUT2D eigenvalue weighted by Crippen LogP contribution is 2.48. The van der Waals surface area contributed by atoms with E-state index in [1.165, 1.54) is 13.0 Å². The van der Waals surface area contributed by atoms with Crippen LogP contribution in [0.3, 0.4) is 0 Å². The summed E-state index contributed by atoms with van der Waals surface area (Å²) in [4.78, 5) is 3.90. The molecule has 1 aliphatic rings. The fourth-order valence-electron chi connectivity index (χ4n) is 2.61. The number of rotatable bonds is 4. The molecule has 1 fully saturated rings. The molecule has 0 heterocycles. The SMILES string of the molecule is C/C(N)=C(/C(C)=N/C(C)F)c1cc(F)cc(C2(C)CC2)c1. The standard InChI is InChI=1S/C17H22F2N2/c1-10(20)16(11(2)21-12(3)18)13-7-14(9-15(19)8-13)17(4)5-6-17/h7-9,12H,5-6,20H2,1-4H3/b16-10+,21-11+. The first-order chi connectivity index (χ1) is 9.73. The van der Waals surface area contributed by atoms with Crippen molar-refractivity contribution in [3.8, 4) is 0 Å². The third-order valence-corrected chi connectivity index (χ3v) is 4.01. The van der Waals surface area contributed by atoms with Gasteiger partial charge >= 0.3 is 0 Å². The van der Waals surface area contributed by atoms with Crippen LogP contribution in [-0.4, -0.2) is 12.0 Å². The lowest BCUT2D eigenvalue weighted by atomic mass is 9.92. The number of hydrogen-bond donors (Lipinski definition) is 1. The smallest absolute Gasteiger partial charge is 0.187 e. The highest BCUT2D eigenvalue weighted by Gasteiger charge is 2.39. The fourth-order valence-corrected chi connectivity index (χ4v) is 2.61. The summed E-state index contributed by atoms with van der Waals surface area (Å²) >= 11 is 0. The van der Waals surface area contributed by atoms with Crippen molar-refractivity contribution >= 4 is 11.3 Å². The van der Waals surface area contributed by atoms with Crippen molar-refractivity contribution in [2.75, 3.05) is 0 Å². The maximum Gasteiger partial charge on any atom is 0.187 e. The summed E-state index contributed by atoms with van der Waals surface area (Å²) in [6, 6.07) is 4.96. The van der Waals surface area contributed by atoms with Crippen molar-refractivity contribution in [2.45, 2.75) is 52.2 Å². The first kappa shape index (κ1) is 15.7.